The topological polar surface area (TPSA) is 121 Å². The molecular formula is C11H18N4O3S. The monoisotopic (exact) mass is 286 g/mol. The summed E-state index contributed by atoms with van der Waals surface area (Å²) in [5.41, 5.74) is 6.33. The second-order valence-corrected chi connectivity index (χ2v) is 5.05. The Labute approximate surface area is 115 Å². The van der Waals surface area contributed by atoms with Crippen molar-refractivity contribution < 1.29 is 14.7 Å². The molecule has 0 saturated heterocycles. The maximum atomic E-state index is 11.8. The molecule has 0 aromatic carbocycles. The van der Waals surface area contributed by atoms with Gasteiger partial charge in [0, 0.05) is 18.3 Å². The number of carboxylic acids is 1. The Morgan fingerprint density at radius 1 is 1.63 bits per heavy atom. The Bertz CT molecular complexity index is 410. The van der Waals surface area contributed by atoms with Gasteiger partial charge in [-0.1, -0.05) is 0 Å². The van der Waals surface area contributed by atoms with Crippen LogP contribution in [0.15, 0.2) is 12.5 Å². The van der Waals surface area contributed by atoms with Gasteiger partial charge in [-0.15, -0.1) is 0 Å². The van der Waals surface area contributed by atoms with Crippen LogP contribution in [-0.2, 0) is 16.0 Å². The lowest BCUT2D eigenvalue weighted by molar-refractivity contribution is -0.142. The first-order valence-electron chi connectivity index (χ1n) is 5.79. The molecule has 1 aromatic heterocycles. The predicted octanol–water partition coefficient (Wildman–Crippen LogP) is -0.398. The summed E-state index contributed by atoms with van der Waals surface area (Å²) in [7, 11) is 0. The van der Waals surface area contributed by atoms with E-state index in [4.69, 9.17) is 10.8 Å². The quantitative estimate of drug-likeness (QED) is 0.516. The lowest BCUT2D eigenvalue weighted by atomic mass is 10.1. The number of nitrogens with zero attached hydrogens (tertiary/aromatic N) is 1. The lowest BCUT2D eigenvalue weighted by Crippen LogP contribution is -2.49. The van der Waals surface area contributed by atoms with Gasteiger partial charge in [-0.3, -0.25) is 4.79 Å². The maximum absolute atomic E-state index is 11.8. The molecule has 0 aliphatic heterocycles. The van der Waals surface area contributed by atoms with Crippen LogP contribution in [0.25, 0.3) is 0 Å². The summed E-state index contributed by atoms with van der Waals surface area (Å²) in [6.45, 7) is 0. The average Bonchev–Trinajstić information content (AvgIpc) is 2.87. The minimum atomic E-state index is -1.10. The molecule has 0 aliphatic rings. The third-order valence-corrected chi connectivity index (χ3v) is 3.21. The number of aromatic nitrogens is 2. The third kappa shape index (κ3) is 5.31. The van der Waals surface area contributed by atoms with E-state index in [0.29, 0.717) is 12.1 Å². The molecule has 8 heteroatoms. The van der Waals surface area contributed by atoms with Crippen LogP contribution in [0.1, 0.15) is 12.1 Å². The van der Waals surface area contributed by atoms with Crippen molar-refractivity contribution in [3.05, 3.63) is 18.2 Å². The number of aliphatic carboxylic acids is 1. The summed E-state index contributed by atoms with van der Waals surface area (Å²) in [6.07, 6.45) is 5.57. The number of aromatic amines is 1. The molecule has 5 N–H and O–H groups in total. The smallest absolute Gasteiger partial charge is 0.326 e. The van der Waals surface area contributed by atoms with E-state index in [1.165, 1.54) is 12.5 Å². The molecule has 2 atom stereocenters. The fourth-order valence-corrected chi connectivity index (χ4v) is 1.96. The summed E-state index contributed by atoms with van der Waals surface area (Å²) in [6, 6.07) is -1.69. The molecule has 0 bridgehead atoms. The standard InChI is InChI=1S/C11H18N4O3S/c1-19-3-2-8(12)10(16)15-9(11(17)18)4-7-5-13-6-14-7/h5-6,8-9H,2-4,12H2,1H3,(H,13,14)(H,15,16)(H,17,18)/t8-,9-/m1/s1. The van der Waals surface area contributed by atoms with Gasteiger partial charge in [-0.05, 0) is 18.4 Å². The molecule has 0 fully saturated rings. The van der Waals surface area contributed by atoms with Gasteiger partial charge >= 0.3 is 5.97 Å². The number of imidazole rings is 1. The largest absolute Gasteiger partial charge is 0.480 e. The number of hydrogen-bond donors (Lipinski definition) is 4. The van der Waals surface area contributed by atoms with Gasteiger partial charge in [0.1, 0.15) is 6.04 Å². The average molecular weight is 286 g/mol. The normalized spacial score (nSPS) is 13.8. The maximum Gasteiger partial charge on any atom is 0.326 e. The van der Waals surface area contributed by atoms with Crippen molar-refractivity contribution in [3.8, 4) is 0 Å². The van der Waals surface area contributed by atoms with Gasteiger partial charge < -0.3 is 21.1 Å². The number of carboxylic acid groups (broad SMARTS) is 1. The van der Waals surface area contributed by atoms with Crippen molar-refractivity contribution in [3.63, 3.8) is 0 Å². The van der Waals surface area contributed by atoms with Crippen LogP contribution >= 0.6 is 11.8 Å². The van der Waals surface area contributed by atoms with Gasteiger partial charge in [0.15, 0.2) is 0 Å². The Kier molecular flexibility index (Phi) is 6.37. The van der Waals surface area contributed by atoms with Crippen molar-refractivity contribution >= 4 is 23.6 Å². The zero-order valence-corrected chi connectivity index (χ0v) is 11.4. The number of amides is 1. The molecule has 19 heavy (non-hydrogen) atoms. The summed E-state index contributed by atoms with van der Waals surface area (Å²) < 4.78 is 0. The number of nitrogens with two attached hydrogens (primary N) is 1. The second kappa shape index (κ2) is 7.80. The highest BCUT2D eigenvalue weighted by Gasteiger charge is 2.23. The van der Waals surface area contributed by atoms with E-state index in [1.54, 1.807) is 11.8 Å². The third-order valence-electron chi connectivity index (χ3n) is 2.56. The molecule has 1 heterocycles. The molecule has 0 unspecified atom stereocenters. The molecule has 1 rings (SSSR count). The molecule has 0 saturated carbocycles. The first-order chi connectivity index (χ1) is 9.04. The first kappa shape index (κ1) is 15.5. The van der Waals surface area contributed by atoms with Crippen LogP contribution in [0, 0.1) is 0 Å². The first-order valence-corrected chi connectivity index (χ1v) is 7.19. The summed E-state index contributed by atoms with van der Waals surface area (Å²) in [4.78, 5) is 29.5. The molecule has 0 spiro atoms. The number of nitrogens with one attached hydrogen (secondary N) is 2. The van der Waals surface area contributed by atoms with Gasteiger partial charge in [0.05, 0.1) is 12.4 Å². The Morgan fingerprint density at radius 3 is 2.89 bits per heavy atom. The van der Waals surface area contributed by atoms with Crippen LogP contribution in [0.3, 0.4) is 0 Å². The number of thioether (sulfide) groups is 1. The van der Waals surface area contributed by atoms with Gasteiger partial charge in [-0.2, -0.15) is 11.8 Å². The van der Waals surface area contributed by atoms with Gasteiger partial charge in [0.25, 0.3) is 0 Å². The highest BCUT2D eigenvalue weighted by atomic mass is 32.2. The zero-order valence-electron chi connectivity index (χ0n) is 10.6. The van der Waals surface area contributed by atoms with Crippen molar-refractivity contribution in [2.75, 3.05) is 12.0 Å². The fraction of sp³-hybridized carbons (Fsp3) is 0.545. The minimum Gasteiger partial charge on any atom is -0.480 e. The van der Waals surface area contributed by atoms with Gasteiger partial charge in [-0.25, -0.2) is 9.78 Å². The molecule has 106 valence electrons. The molecule has 7 nitrogen and oxygen atoms in total. The van der Waals surface area contributed by atoms with Crippen molar-refractivity contribution in [2.45, 2.75) is 24.9 Å². The minimum absolute atomic E-state index is 0.149. The SMILES string of the molecule is CSCC[C@@H](N)C(=O)N[C@H](Cc1cnc[nH]1)C(=O)O. The molecule has 0 radical (unpaired) electrons. The van der Waals surface area contributed by atoms with E-state index < -0.39 is 24.0 Å². The summed E-state index contributed by atoms with van der Waals surface area (Å²) >= 11 is 1.59. The van der Waals surface area contributed by atoms with Crippen LogP contribution < -0.4 is 11.1 Å². The number of H-pyrrole nitrogens is 1. The number of hydrogen-bond acceptors (Lipinski definition) is 5. The zero-order chi connectivity index (χ0) is 14.3. The van der Waals surface area contributed by atoms with Crippen LogP contribution in [0.4, 0.5) is 0 Å². The summed E-state index contributed by atoms with van der Waals surface area (Å²) in [5, 5.41) is 11.5. The van der Waals surface area contributed by atoms with Crippen LogP contribution in [0.2, 0.25) is 0 Å². The van der Waals surface area contributed by atoms with E-state index >= 15 is 0 Å². The van der Waals surface area contributed by atoms with E-state index in [-0.39, 0.29) is 6.42 Å². The van der Waals surface area contributed by atoms with Crippen molar-refractivity contribution in [2.24, 2.45) is 5.73 Å². The van der Waals surface area contributed by atoms with E-state index in [9.17, 15) is 9.59 Å². The fourth-order valence-electron chi connectivity index (χ4n) is 1.47. The molecule has 0 aliphatic carbocycles. The Balaban J connectivity index is 2.53. The van der Waals surface area contributed by atoms with E-state index in [2.05, 4.69) is 15.3 Å². The molecule has 1 aromatic rings. The highest BCUT2D eigenvalue weighted by Crippen LogP contribution is 2.02. The van der Waals surface area contributed by atoms with E-state index in [1.807, 2.05) is 6.26 Å². The van der Waals surface area contributed by atoms with Gasteiger partial charge in [0.2, 0.25) is 5.91 Å². The van der Waals surface area contributed by atoms with Crippen molar-refractivity contribution in [1.29, 1.82) is 0 Å². The Hall–Kier alpha value is -1.54. The lowest BCUT2D eigenvalue weighted by Gasteiger charge is -2.17. The van der Waals surface area contributed by atoms with E-state index in [0.717, 1.165) is 5.75 Å². The number of carbonyl (C=O) groups excluding carboxylic acids is 1. The highest BCUT2D eigenvalue weighted by molar-refractivity contribution is 7.98. The number of rotatable bonds is 8. The second-order valence-electron chi connectivity index (χ2n) is 4.07. The molecular weight excluding hydrogens is 268 g/mol. The number of carbonyl (C=O) groups is 2. The van der Waals surface area contributed by atoms with Crippen LogP contribution in [-0.4, -0.2) is 51.0 Å². The molecule has 1 amide bonds. The van der Waals surface area contributed by atoms with Crippen LogP contribution in [0.5, 0.6) is 0 Å². The Morgan fingerprint density at radius 2 is 2.37 bits per heavy atom. The predicted molar refractivity (Wildman–Crippen MR) is 72.8 cm³/mol. The summed E-state index contributed by atoms with van der Waals surface area (Å²) in [5.74, 6) is -0.784. The van der Waals surface area contributed by atoms with Crippen molar-refractivity contribution in [1.82, 2.24) is 15.3 Å².